The van der Waals surface area contributed by atoms with E-state index in [1.807, 2.05) is 30.6 Å². The summed E-state index contributed by atoms with van der Waals surface area (Å²) in [6.07, 6.45) is 3.65. The van der Waals surface area contributed by atoms with Gasteiger partial charge in [-0.25, -0.2) is 0 Å². The summed E-state index contributed by atoms with van der Waals surface area (Å²) in [5.41, 5.74) is 7.41. The first kappa shape index (κ1) is 9.72. The molecule has 0 fully saturated rings. The molecule has 0 aliphatic rings. The number of carbonyl (C=O) groups excluding carboxylic acids is 1. The second kappa shape index (κ2) is 3.52. The van der Waals surface area contributed by atoms with Gasteiger partial charge in [-0.1, -0.05) is 6.07 Å². The smallest absolute Gasteiger partial charge is 0.249 e. The Kier molecular flexibility index (Phi) is 2.01. The van der Waals surface area contributed by atoms with Crippen LogP contribution in [0.15, 0.2) is 47.1 Å². The number of hydrogen-bond acceptors (Lipinski definition) is 2. The Bertz CT molecular complexity index is 681. The molecule has 2 heterocycles. The van der Waals surface area contributed by atoms with Gasteiger partial charge in [0.1, 0.15) is 11.3 Å². The lowest BCUT2D eigenvalue weighted by molar-refractivity contribution is 0.100. The molecule has 0 spiro atoms. The molecule has 0 atom stereocenters. The van der Waals surface area contributed by atoms with Crippen molar-refractivity contribution >= 4 is 16.9 Å². The van der Waals surface area contributed by atoms with Gasteiger partial charge in [0.25, 0.3) is 0 Å². The summed E-state index contributed by atoms with van der Waals surface area (Å²) in [4.78, 5) is 14.2. The molecule has 1 aromatic carbocycles. The number of nitrogens with two attached hydrogens (primary N) is 1. The van der Waals surface area contributed by atoms with Gasteiger partial charge in [0.2, 0.25) is 5.91 Å². The lowest BCUT2D eigenvalue weighted by atomic mass is 10.1. The van der Waals surface area contributed by atoms with E-state index in [4.69, 9.17) is 10.2 Å². The highest BCUT2D eigenvalue weighted by Gasteiger charge is 2.12. The Labute approximate surface area is 97.0 Å². The van der Waals surface area contributed by atoms with Crippen molar-refractivity contribution in [3.05, 3.63) is 48.3 Å². The average Bonchev–Trinajstić information content (AvgIpc) is 2.96. The molecule has 3 aromatic rings. The van der Waals surface area contributed by atoms with Crippen LogP contribution < -0.4 is 5.73 Å². The minimum atomic E-state index is -0.447. The Morgan fingerprint density at radius 2 is 2.18 bits per heavy atom. The van der Waals surface area contributed by atoms with Crippen LogP contribution in [0.2, 0.25) is 0 Å². The number of H-pyrrole nitrogens is 1. The maximum Gasteiger partial charge on any atom is 0.249 e. The Hall–Kier alpha value is -2.49. The lowest BCUT2D eigenvalue weighted by Crippen LogP contribution is -2.10. The second-order valence-electron chi connectivity index (χ2n) is 3.79. The van der Waals surface area contributed by atoms with Crippen molar-refractivity contribution in [2.75, 3.05) is 0 Å². The third-order valence-electron chi connectivity index (χ3n) is 2.71. The van der Waals surface area contributed by atoms with Gasteiger partial charge in [0.15, 0.2) is 0 Å². The van der Waals surface area contributed by atoms with E-state index < -0.39 is 5.91 Å². The molecule has 0 aliphatic carbocycles. The van der Waals surface area contributed by atoms with Crippen molar-refractivity contribution in [2.45, 2.75) is 0 Å². The van der Waals surface area contributed by atoms with Crippen LogP contribution in [0.3, 0.4) is 0 Å². The first-order chi connectivity index (χ1) is 8.25. The SMILES string of the molecule is NC(=O)c1cccc2oc(-c3cc[nH]c3)cc12. The molecule has 17 heavy (non-hydrogen) atoms. The van der Waals surface area contributed by atoms with E-state index in [1.54, 1.807) is 12.1 Å². The molecule has 3 N–H and O–H groups in total. The first-order valence-electron chi connectivity index (χ1n) is 5.21. The summed E-state index contributed by atoms with van der Waals surface area (Å²) in [6, 6.07) is 9.01. The van der Waals surface area contributed by atoms with Gasteiger partial charge in [-0.2, -0.15) is 0 Å². The van der Waals surface area contributed by atoms with Gasteiger partial charge >= 0.3 is 0 Å². The van der Waals surface area contributed by atoms with Gasteiger partial charge in [0.05, 0.1) is 5.56 Å². The summed E-state index contributed by atoms with van der Waals surface area (Å²) in [5, 5.41) is 0.746. The minimum absolute atomic E-state index is 0.447. The number of amides is 1. The van der Waals surface area contributed by atoms with E-state index >= 15 is 0 Å². The number of primary amides is 1. The molecule has 0 bridgehead atoms. The standard InChI is InChI=1S/C13H10N2O2/c14-13(16)9-2-1-3-11-10(9)6-12(17-11)8-4-5-15-7-8/h1-7,15H,(H2,14,16). The van der Waals surface area contributed by atoms with Crippen molar-refractivity contribution < 1.29 is 9.21 Å². The summed E-state index contributed by atoms with van der Waals surface area (Å²) in [7, 11) is 0. The van der Waals surface area contributed by atoms with Crippen molar-refractivity contribution in [1.82, 2.24) is 4.98 Å². The van der Waals surface area contributed by atoms with Gasteiger partial charge in [-0.15, -0.1) is 0 Å². The zero-order chi connectivity index (χ0) is 11.8. The number of aromatic amines is 1. The Morgan fingerprint density at radius 3 is 2.88 bits per heavy atom. The molecule has 0 saturated carbocycles. The van der Waals surface area contributed by atoms with E-state index in [9.17, 15) is 4.79 Å². The van der Waals surface area contributed by atoms with Crippen molar-refractivity contribution in [2.24, 2.45) is 5.73 Å². The van der Waals surface area contributed by atoms with Gasteiger partial charge in [-0.3, -0.25) is 4.79 Å². The molecular formula is C13H10N2O2. The van der Waals surface area contributed by atoms with Gasteiger partial charge < -0.3 is 15.1 Å². The van der Waals surface area contributed by atoms with Crippen LogP contribution in [0.1, 0.15) is 10.4 Å². The molecule has 2 aromatic heterocycles. The summed E-state index contributed by atoms with van der Waals surface area (Å²) < 4.78 is 5.68. The van der Waals surface area contributed by atoms with Crippen LogP contribution in [-0.2, 0) is 0 Å². The zero-order valence-electron chi connectivity index (χ0n) is 8.94. The van der Waals surface area contributed by atoms with Crippen LogP contribution in [0, 0.1) is 0 Å². The van der Waals surface area contributed by atoms with Crippen LogP contribution in [0.25, 0.3) is 22.3 Å². The number of furan rings is 1. The Balaban J connectivity index is 2.26. The number of nitrogens with one attached hydrogen (secondary N) is 1. The summed E-state index contributed by atoms with van der Waals surface area (Å²) >= 11 is 0. The normalized spacial score (nSPS) is 10.8. The van der Waals surface area contributed by atoms with Gasteiger partial charge in [0, 0.05) is 23.3 Å². The van der Waals surface area contributed by atoms with Crippen molar-refractivity contribution in [1.29, 1.82) is 0 Å². The minimum Gasteiger partial charge on any atom is -0.456 e. The van der Waals surface area contributed by atoms with Crippen LogP contribution >= 0.6 is 0 Å². The lowest BCUT2D eigenvalue weighted by Gasteiger charge is -1.94. The van der Waals surface area contributed by atoms with Crippen LogP contribution in [0.5, 0.6) is 0 Å². The molecular weight excluding hydrogens is 216 g/mol. The topological polar surface area (TPSA) is 72.0 Å². The van der Waals surface area contributed by atoms with E-state index in [0.717, 1.165) is 16.7 Å². The van der Waals surface area contributed by atoms with Gasteiger partial charge in [-0.05, 0) is 24.3 Å². The molecule has 0 saturated heterocycles. The average molecular weight is 226 g/mol. The highest BCUT2D eigenvalue weighted by atomic mass is 16.3. The number of benzene rings is 1. The maximum absolute atomic E-state index is 11.3. The monoisotopic (exact) mass is 226 g/mol. The fourth-order valence-electron chi connectivity index (χ4n) is 1.90. The third kappa shape index (κ3) is 1.50. The number of hydrogen-bond donors (Lipinski definition) is 2. The molecule has 0 aliphatic heterocycles. The number of rotatable bonds is 2. The van der Waals surface area contributed by atoms with Crippen molar-refractivity contribution in [3.8, 4) is 11.3 Å². The molecule has 1 amide bonds. The summed E-state index contributed by atoms with van der Waals surface area (Å²) in [6.45, 7) is 0. The van der Waals surface area contributed by atoms with Crippen molar-refractivity contribution in [3.63, 3.8) is 0 Å². The zero-order valence-corrected chi connectivity index (χ0v) is 8.94. The van der Waals surface area contributed by atoms with E-state index in [1.165, 1.54) is 0 Å². The molecule has 4 heteroatoms. The largest absolute Gasteiger partial charge is 0.456 e. The molecule has 3 rings (SSSR count). The van der Waals surface area contributed by atoms with Crippen LogP contribution in [-0.4, -0.2) is 10.9 Å². The van der Waals surface area contributed by atoms with Crippen LogP contribution in [0.4, 0.5) is 0 Å². The summed E-state index contributed by atoms with van der Waals surface area (Å²) in [5.74, 6) is 0.270. The second-order valence-corrected chi connectivity index (χ2v) is 3.79. The Morgan fingerprint density at radius 1 is 1.29 bits per heavy atom. The first-order valence-corrected chi connectivity index (χ1v) is 5.21. The highest BCUT2D eigenvalue weighted by molar-refractivity contribution is 6.06. The number of aromatic nitrogens is 1. The molecule has 84 valence electrons. The van der Waals surface area contributed by atoms with E-state index in [0.29, 0.717) is 11.1 Å². The molecule has 4 nitrogen and oxygen atoms in total. The fraction of sp³-hybridized carbons (Fsp3) is 0. The fourth-order valence-corrected chi connectivity index (χ4v) is 1.90. The highest BCUT2D eigenvalue weighted by Crippen LogP contribution is 2.29. The molecule has 0 unspecified atom stereocenters. The van der Waals surface area contributed by atoms with E-state index in [-0.39, 0.29) is 0 Å². The molecule has 0 radical (unpaired) electrons. The predicted octanol–water partition coefficient (Wildman–Crippen LogP) is 2.53. The van der Waals surface area contributed by atoms with E-state index in [2.05, 4.69) is 4.98 Å². The quantitative estimate of drug-likeness (QED) is 0.704. The number of fused-ring (bicyclic) bond motifs is 1. The third-order valence-corrected chi connectivity index (χ3v) is 2.71. The predicted molar refractivity (Wildman–Crippen MR) is 64.5 cm³/mol. The maximum atomic E-state index is 11.3. The number of carbonyl (C=O) groups is 1.